The van der Waals surface area contributed by atoms with Crippen LogP contribution in [0, 0.1) is 10.1 Å². The van der Waals surface area contributed by atoms with Crippen molar-refractivity contribution in [3.8, 4) is 0 Å². The summed E-state index contributed by atoms with van der Waals surface area (Å²) in [6, 6.07) is 11.9. The molecule has 0 aromatic heterocycles. The van der Waals surface area contributed by atoms with Gasteiger partial charge in [-0.25, -0.2) is 0 Å². The van der Waals surface area contributed by atoms with Gasteiger partial charge in [0.2, 0.25) is 5.91 Å². The molecule has 1 aliphatic rings. The Morgan fingerprint density at radius 2 is 2.08 bits per heavy atom. The molecule has 1 amide bonds. The highest BCUT2D eigenvalue weighted by Crippen LogP contribution is 2.24. The van der Waals surface area contributed by atoms with Crippen LogP contribution in [-0.4, -0.2) is 16.5 Å². The van der Waals surface area contributed by atoms with E-state index < -0.39 is 4.92 Å². The zero-order valence-electron chi connectivity index (χ0n) is 13.1. The third kappa shape index (κ3) is 3.40. The zero-order valence-corrected chi connectivity index (χ0v) is 13.1. The minimum absolute atomic E-state index is 0.0115. The van der Waals surface area contributed by atoms with Crippen molar-refractivity contribution in [2.24, 2.45) is 5.10 Å². The summed E-state index contributed by atoms with van der Waals surface area (Å²) in [6.07, 6.45) is 1.19. The summed E-state index contributed by atoms with van der Waals surface area (Å²) >= 11 is 0. The average molecular weight is 324 g/mol. The second-order valence-corrected chi connectivity index (χ2v) is 5.54. The minimum atomic E-state index is -0.445. The van der Waals surface area contributed by atoms with E-state index in [0.29, 0.717) is 18.5 Å². The van der Waals surface area contributed by atoms with Gasteiger partial charge in [-0.1, -0.05) is 12.1 Å². The molecule has 0 saturated carbocycles. The summed E-state index contributed by atoms with van der Waals surface area (Å²) in [4.78, 5) is 21.7. The molecule has 1 heterocycles. The number of hydrogen-bond donors (Lipinski definition) is 2. The summed E-state index contributed by atoms with van der Waals surface area (Å²) in [5.41, 5.74) is 7.01. The van der Waals surface area contributed by atoms with Crippen LogP contribution in [-0.2, 0) is 11.2 Å². The number of hydrazone groups is 1. The normalized spacial score (nSPS) is 13.9. The molecule has 3 rings (SSSR count). The van der Waals surface area contributed by atoms with Crippen molar-refractivity contribution in [1.82, 2.24) is 0 Å². The summed E-state index contributed by atoms with van der Waals surface area (Å²) in [6.45, 7) is 1.85. The molecule has 24 heavy (non-hydrogen) atoms. The number of nitrogens with one attached hydrogen (secondary N) is 2. The van der Waals surface area contributed by atoms with Crippen LogP contribution < -0.4 is 10.7 Å². The van der Waals surface area contributed by atoms with Gasteiger partial charge in [0.05, 0.1) is 16.3 Å². The van der Waals surface area contributed by atoms with Gasteiger partial charge in [0.1, 0.15) is 0 Å². The maximum atomic E-state index is 11.4. The molecule has 0 saturated heterocycles. The molecule has 1 aliphatic heterocycles. The quantitative estimate of drug-likeness (QED) is 0.512. The standard InChI is InChI=1S/C17H16N4O3/c1-11(19-20-14-3-2-4-15(10-14)21(23)24)12-5-7-16-13(9-12)6-8-17(22)18-16/h2-5,7,9-10,20H,6,8H2,1H3,(H,18,22)/b19-11+. The van der Waals surface area contributed by atoms with E-state index in [1.165, 1.54) is 12.1 Å². The SMILES string of the molecule is C/C(=N\Nc1cccc([N+](=O)[O-])c1)c1ccc2c(c1)CCC(=O)N2. The van der Waals surface area contributed by atoms with Gasteiger partial charge in [-0.3, -0.25) is 20.3 Å². The Bertz CT molecular complexity index is 845. The number of non-ortho nitro benzene ring substituents is 1. The topological polar surface area (TPSA) is 96.6 Å². The minimum Gasteiger partial charge on any atom is -0.326 e. The Balaban J connectivity index is 1.78. The van der Waals surface area contributed by atoms with E-state index in [4.69, 9.17) is 0 Å². The van der Waals surface area contributed by atoms with E-state index in [0.717, 1.165) is 22.5 Å². The smallest absolute Gasteiger partial charge is 0.271 e. The van der Waals surface area contributed by atoms with Crippen LogP contribution in [0.25, 0.3) is 0 Å². The molecule has 2 aromatic carbocycles. The molecule has 0 aliphatic carbocycles. The van der Waals surface area contributed by atoms with E-state index in [1.807, 2.05) is 25.1 Å². The first-order valence-electron chi connectivity index (χ1n) is 7.51. The third-order valence-electron chi connectivity index (χ3n) is 3.83. The fraction of sp³-hybridized carbons (Fsp3) is 0.176. The summed E-state index contributed by atoms with van der Waals surface area (Å²) in [5.74, 6) is 0.0352. The van der Waals surface area contributed by atoms with Crippen LogP contribution in [0.15, 0.2) is 47.6 Å². The highest BCUT2D eigenvalue weighted by molar-refractivity contribution is 6.01. The number of fused-ring (bicyclic) bond motifs is 1. The third-order valence-corrected chi connectivity index (χ3v) is 3.83. The van der Waals surface area contributed by atoms with Crippen molar-refractivity contribution < 1.29 is 9.72 Å². The van der Waals surface area contributed by atoms with Gasteiger partial charge >= 0.3 is 0 Å². The molecule has 2 aromatic rings. The first-order chi connectivity index (χ1) is 11.5. The molecule has 7 nitrogen and oxygen atoms in total. The van der Waals surface area contributed by atoms with E-state index in [-0.39, 0.29) is 11.6 Å². The van der Waals surface area contributed by atoms with Crippen molar-refractivity contribution >= 4 is 28.7 Å². The highest BCUT2D eigenvalue weighted by Gasteiger charge is 2.15. The van der Waals surface area contributed by atoms with Gasteiger partial charge in [0, 0.05) is 24.2 Å². The lowest BCUT2D eigenvalue weighted by atomic mass is 9.99. The zero-order chi connectivity index (χ0) is 17.1. The molecule has 7 heteroatoms. The molecule has 0 radical (unpaired) electrons. The largest absolute Gasteiger partial charge is 0.326 e. The maximum Gasteiger partial charge on any atom is 0.271 e. The number of nitro groups is 1. The Kier molecular flexibility index (Phi) is 4.24. The molecular weight excluding hydrogens is 308 g/mol. The summed E-state index contributed by atoms with van der Waals surface area (Å²) in [5, 5.41) is 17.9. The van der Waals surface area contributed by atoms with Crippen LogP contribution in [0.5, 0.6) is 0 Å². The molecule has 0 atom stereocenters. The summed E-state index contributed by atoms with van der Waals surface area (Å²) < 4.78 is 0. The van der Waals surface area contributed by atoms with Gasteiger partial charge in [-0.2, -0.15) is 5.10 Å². The number of aryl methyl sites for hydroxylation is 1. The number of benzene rings is 2. The molecule has 0 bridgehead atoms. The Hall–Kier alpha value is -3.22. The second-order valence-electron chi connectivity index (χ2n) is 5.54. The Morgan fingerprint density at radius 1 is 1.25 bits per heavy atom. The van der Waals surface area contributed by atoms with Crippen LogP contribution in [0.3, 0.4) is 0 Å². The number of anilines is 2. The van der Waals surface area contributed by atoms with E-state index >= 15 is 0 Å². The van der Waals surface area contributed by atoms with E-state index in [2.05, 4.69) is 15.8 Å². The van der Waals surface area contributed by atoms with Gasteiger partial charge in [-0.05, 0) is 42.7 Å². The average Bonchev–Trinajstić information content (AvgIpc) is 2.59. The molecular formula is C17H16N4O3. The molecule has 2 N–H and O–H groups in total. The first kappa shape index (κ1) is 15.7. The lowest BCUT2D eigenvalue weighted by Gasteiger charge is -2.17. The van der Waals surface area contributed by atoms with Crippen LogP contribution >= 0.6 is 0 Å². The maximum absolute atomic E-state index is 11.4. The van der Waals surface area contributed by atoms with Crippen molar-refractivity contribution in [2.75, 3.05) is 10.7 Å². The van der Waals surface area contributed by atoms with Crippen molar-refractivity contribution in [1.29, 1.82) is 0 Å². The number of rotatable bonds is 4. The predicted octanol–water partition coefficient (Wildman–Crippen LogP) is 3.32. The van der Waals surface area contributed by atoms with Crippen LogP contribution in [0.1, 0.15) is 24.5 Å². The molecule has 0 fully saturated rings. The highest BCUT2D eigenvalue weighted by atomic mass is 16.6. The number of carbonyl (C=O) groups excluding carboxylic acids is 1. The number of amides is 1. The Labute approximate surface area is 138 Å². The van der Waals surface area contributed by atoms with Crippen LogP contribution in [0.2, 0.25) is 0 Å². The molecule has 0 spiro atoms. The monoisotopic (exact) mass is 324 g/mol. The van der Waals surface area contributed by atoms with Gasteiger partial charge in [0.15, 0.2) is 0 Å². The fourth-order valence-corrected chi connectivity index (χ4v) is 2.51. The summed E-state index contributed by atoms with van der Waals surface area (Å²) in [7, 11) is 0. The first-order valence-corrected chi connectivity index (χ1v) is 7.51. The van der Waals surface area contributed by atoms with Crippen molar-refractivity contribution in [3.63, 3.8) is 0 Å². The predicted molar refractivity (Wildman–Crippen MR) is 92.3 cm³/mol. The van der Waals surface area contributed by atoms with Gasteiger partial charge in [0.25, 0.3) is 5.69 Å². The Morgan fingerprint density at radius 3 is 2.88 bits per heavy atom. The van der Waals surface area contributed by atoms with Gasteiger partial charge in [-0.15, -0.1) is 0 Å². The lowest BCUT2D eigenvalue weighted by molar-refractivity contribution is -0.384. The number of nitrogens with zero attached hydrogens (tertiary/aromatic N) is 2. The van der Waals surface area contributed by atoms with E-state index in [1.54, 1.807) is 12.1 Å². The van der Waals surface area contributed by atoms with Crippen molar-refractivity contribution in [2.45, 2.75) is 19.8 Å². The second kappa shape index (κ2) is 6.49. The van der Waals surface area contributed by atoms with Gasteiger partial charge < -0.3 is 5.32 Å². The van der Waals surface area contributed by atoms with Crippen LogP contribution in [0.4, 0.5) is 17.1 Å². The van der Waals surface area contributed by atoms with Crippen molar-refractivity contribution in [3.05, 3.63) is 63.7 Å². The van der Waals surface area contributed by atoms with E-state index in [9.17, 15) is 14.9 Å². The number of nitro benzene ring substituents is 1. The fourth-order valence-electron chi connectivity index (χ4n) is 2.51. The molecule has 0 unspecified atom stereocenters. The number of hydrogen-bond acceptors (Lipinski definition) is 5. The number of carbonyl (C=O) groups is 1. The lowest BCUT2D eigenvalue weighted by Crippen LogP contribution is -2.19. The molecule has 122 valence electrons.